The number of benzene rings is 1. The molecule has 0 unspecified atom stereocenters. The highest BCUT2D eigenvalue weighted by molar-refractivity contribution is 6.10. The molecule has 3 nitrogen and oxygen atoms in total. The highest BCUT2D eigenvalue weighted by atomic mass is 16.5. The average molecular weight is 217 g/mol. The number of methoxy groups -OCH3 is 1. The van der Waals surface area contributed by atoms with Crippen LogP contribution in [0.15, 0.2) is 12.1 Å². The van der Waals surface area contributed by atoms with Gasteiger partial charge in [0.15, 0.2) is 5.78 Å². The summed E-state index contributed by atoms with van der Waals surface area (Å²) in [6.07, 6.45) is 0. The predicted octanol–water partition coefficient (Wildman–Crippen LogP) is 3.00. The molecular formula is C13H15NO2. The van der Waals surface area contributed by atoms with Crippen LogP contribution in [0.2, 0.25) is 0 Å². The Morgan fingerprint density at radius 1 is 1.31 bits per heavy atom. The maximum atomic E-state index is 11.6. The number of ether oxygens (including phenoxy) is 1. The van der Waals surface area contributed by atoms with Crippen LogP contribution in [0.25, 0.3) is 10.9 Å². The number of hydrogen-bond acceptors (Lipinski definition) is 2. The molecule has 0 saturated carbocycles. The van der Waals surface area contributed by atoms with Crippen molar-refractivity contribution in [3.8, 4) is 5.75 Å². The Bertz CT molecular complexity index is 567. The number of hydrogen-bond donors (Lipinski definition) is 1. The third-order valence-electron chi connectivity index (χ3n) is 2.88. The molecule has 0 bridgehead atoms. The van der Waals surface area contributed by atoms with Crippen molar-refractivity contribution < 1.29 is 9.53 Å². The molecule has 0 atom stereocenters. The highest BCUT2D eigenvalue weighted by Gasteiger charge is 2.16. The summed E-state index contributed by atoms with van der Waals surface area (Å²) in [5.41, 5.74) is 3.66. The first-order valence-corrected chi connectivity index (χ1v) is 5.23. The molecule has 0 aliphatic heterocycles. The number of carbonyl (C=O) groups excluding carboxylic acids is 1. The van der Waals surface area contributed by atoms with Crippen LogP contribution >= 0.6 is 0 Å². The summed E-state index contributed by atoms with van der Waals surface area (Å²) in [7, 11) is 1.63. The monoisotopic (exact) mass is 217 g/mol. The molecule has 0 saturated heterocycles. The molecule has 1 aromatic carbocycles. The van der Waals surface area contributed by atoms with E-state index in [0.29, 0.717) is 0 Å². The number of fused-ring (bicyclic) bond motifs is 1. The normalized spacial score (nSPS) is 10.8. The highest BCUT2D eigenvalue weighted by Crippen LogP contribution is 2.32. The molecule has 0 spiro atoms. The number of Topliss-reactive ketones (excluding diaryl/α,β-unsaturated/α-hetero) is 1. The molecular weight excluding hydrogens is 202 g/mol. The van der Waals surface area contributed by atoms with E-state index in [2.05, 4.69) is 4.98 Å². The van der Waals surface area contributed by atoms with Crippen LogP contribution in [0.4, 0.5) is 0 Å². The number of rotatable bonds is 2. The molecule has 0 aliphatic rings. The van der Waals surface area contributed by atoms with Gasteiger partial charge in [-0.25, -0.2) is 0 Å². The number of aromatic nitrogens is 1. The van der Waals surface area contributed by atoms with Crippen molar-refractivity contribution in [1.82, 2.24) is 4.98 Å². The van der Waals surface area contributed by atoms with Gasteiger partial charge in [-0.1, -0.05) is 6.07 Å². The number of carbonyl (C=O) groups is 1. The van der Waals surface area contributed by atoms with Gasteiger partial charge in [-0.05, 0) is 32.4 Å². The Morgan fingerprint density at radius 2 is 2.00 bits per heavy atom. The smallest absolute Gasteiger partial charge is 0.162 e. The predicted molar refractivity (Wildman–Crippen MR) is 64.3 cm³/mol. The maximum absolute atomic E-state index is 11.6. The largest absolute Gasteiger partial charge is 0.495 e. The SMILES string of the molecule is COc1ccc(C)c2c(C(C)=O)c(C)[nH]c12. The number of ketones is 1. The summed E-state index contributed by atoms with van der Waals surface area (Å²) in [5.74, 6) is 0.858. The van der Waals surface area contributed by atoms with E-state index in [0.717, 1.165) is 33.5 Å². The van der Waals surface area contributed by atoms with Gasteiger partial charge in [0, 0.05) is 16.6 Å². The zero-order valence-corrected chi connectivity index (χ0v) is 9.97. The standard InChI is InChI=1S/C13H15NO2/c1-7-5-6-10(16-4)13-11(7)12(9(3)15)8(2)14-13/h5-6,14H,1-4H3. The summed E-state index contributed by atoms with van der Waals surface area (Å²) >= 11 is 0. The number of nitrogens with one attached hydrogen (secondary N) is 1. The van der Waals surface area contributed by atoms with Gasteiger partial charge in [0.2, 0.25) is 0 Å². The second-order valence-electron chi connectivity index (χ2n) is 4.02. The van der Waals surface area contributed by atoms with Crippen molar-refractivity contribution in [2.45, 2.75) is 20.8 Å². The molecule has 16 heavy (non-hydrogen) atoms. The minimum Gasteiger partial charge on any atom is -0.495 e. The Kier molecular flexibility index (Phi) is 2.46. The van der Waals surface area contributed by atoms with Crippen molar-refractivity contribution in [2.24, 2.45) is 0 Å². The van der Waals surface area contributed by atoms with Crippen LogP contribution in [0.5, 0.6) is 5.75 Å². The fourth-order valence-electron chi connectivity index (χ4n) is 2.18. The zero-order valence-electron chi connectivity index (χ0n) is 9.97. The lowest BCUT2D eigenvalue weighted by Crippen LogP contribution is -1.94. The maximum Gasteiger partial charge on any atom is 0.162 e. The Hall–Kier alpha value is -1.77. The van der Waals surface area contributed by atoms with E-state index < -0.39 is 0 Å². The van der Waals surface area contributed by atoms with Crippen molar-refractivity contribution >= 4 is 16.7 Å². The molecule has 84 valence electrons. The Labute approximate surface area is 94.4 Å². The van der Waals surface area contributed by atoms with Gasteiger partial charge in [0.25, 0.3) is 0 Å². The lowest BCUT2D eigenvalue weighted by atomic mass is 10.0. The lowest BCUT2D eigenvalue weighted by molar-refractivity contribution is 0.101. The summed E-state index contributed by atoms with van der Waals surface area (Å²) < 4.78 is 5.29. The lowest BCUT2D eigenvalue weighted by Gasteiger charge is -2.04. The van der Waals surface area contributed by atoms with E-state index in [-0.39, 0.29) is 5.78 Å². The van der Waals surface area contributed by atoms with Crippen molar-refractivity contribution in [2.75, 3.05) is 7.11 Å². The zero-order chi connectivity index (χ0) is 11.9. The molecule has 1 N–H and O–H groups in total. The quantitative estimate of drug-likeness (QED) is 0.786. The van der Waals surface area contributed by atoms with Crippen molar-refractivity contribution in [3.05, 3.63) is 29.0 Å². The number of H-pyrrole nitrogens is 1. The number of aromatic amines is 1. The van der Waals surface area contributed by atoms with Gasteiger partial charge in [-0.15, -0.1) is 0 Å². The fraction of sp³-hybridized carbons (Fsp3) is 0.308. The van der Waals surface area contributed by atoms with Crippen LogP contribution in [-0.4, -0.2) is 17.9 Å². The van der Waals surface area contributed by atoms with E-state index in [4.69, 9.17) is 4.74 Å². The second-order valence-corrected chi connectivity index (χ2v) is 4.02. The van der Waals surface area contributed by atoms with Crippen LogP contribution in [0.1, 0.15) is 28.5 Å². The minimum absolute atomic E-state index is 0.0834. The van der Waals surface area contributed by atoms with Gasteiger partial charge in [0.05, 0.1) is 12.6 Å². The van der Waals surface area contributed by atoms with Crippen LogP contribution in [0, 0.1) is 13.8 Å². The summed E-state index contributed by atoms with van der Waals surface area (Å²) in [6, 6.07) is 3.89. The van der Waals surface area contributed by atoms with E-state index >= 15 is 0 Å². The van der Waals surface area contributed by atoms with Crippen LogP contribution in [-0.2, 0) is 0 Å². The molecule has 2 aromatic rings. The van der Waals surface area contributed by atoms with E-state index in [1.807, 2.05) is 26.0 Å². The van der Waals surface area contributed by atoms with Gasteiger partial charge in [-0.2, -0.15) is 0 Å². The van der Waals surface area contributed by atoms with Crippen LogP contribution < -0.4 is 4.74 Å². The molecule has 0 aliphatic carbocycles. The fourth-order valence-corrected chi connectivity index (χ4v) is 2.18. The molecule has 2 rings (SSSR count). The summed E-state index contributed by atoms with van der Waals surface area (Å²) in [5, 5.41) is 0.976. The molecule has 1 heterocycles. The number of aryl methyl sites for hydroxylation is 2. The molecule has 0 amide bonds. The Morgan fingerprint density at radius 3 is 2.56 bits per heavy atom. The van der Waals surface area contributed by atoms with Gasteiger partial charge in [-0.3, -0.25) is 4.79 Å². The third kappa shape index (κ3) is 1.40. The second kappa shape index (κ2) is 3.67. The van der Waals surface area contributed by atoms with Crippen molar-refractivity contribution in [3.63, 3.8) is 0 Å². The molecule has 3 heteroatoms. The van der Waals surface area contributed by atoms with Crippen LogP contribution in [0.3, 0.4) is 0 Å². The van der Waals surface area contributed by atoms with Gasteiger partial charge < -0.3 is 9.72 Å². The Balaban J connectivity index is 2.93. The summed E-state index contributed by atoms with van der Waals surface area (Å²) in [4.78, 5) is 14.9. The van der Waals surface area contributed by atoms with E-state index in [1.165, 1.54) is 0 Å². The van der Waals surface area contributed by atoms with Gasteiger partial charge >= 0.3 is 0 Å². The first-order chi connectivity index (χ1) is 7.56. The van der Waals surface area contributed by atoms with Crippen molar-refractivity contribution in [1.29, 1.82) is 0 Å². The minimum atomic E-state index is 0.0834. The van der Waals surface area contributed by atoms with E-state index in [1.54, 1.807) is 14.0 Å². The molecule has 1 aromatic heterocycles. The van der Waals surface area contributed by atoms with E-state index in [9.17, 15) is 4.79 Å². The average Bonchev–Trinajstić information content (AvgIpc) is 2.57. The third-order valence-corrected chi connectivity index (χ3v) is 2.88. The summed E-state index contributed by atoms with van der Waals surface area (Å²) in [6.45, 7) is 5.51. The van der Waals surface area contributed by atoms with Gasteiger partial charge in [0.1, 0.15) is 5.75 Å². The molecule has 0 radical (unpaired) electrons. The first-order valence-electron chi connectivity index (χ1n) is 5.23. The molecule has 0 fully saturated rings. The topological polar surface area (TPSA) is 42.1 Å². The first kappa shape index (κ1) is 10.7.